The number of carbonyl (C=O) groups excluding carboxylic acids is 1. The summed E-state index contributed by atoms with van der Waals surface area (Å²) in [4.78, 5) is 22.0. The summed E-state index contributed by atoms with van der Waals surface area (Å²) >= 11 is 0. The molecule has 5 rings (SSSR count). The normalized spacial score (nSPS) is 17.5. The summed E-state index contributed by atoms with van der Waals surface area (Å²) in [5.74, 6) is 1.92. The predicted molar refractivity (Wildman–Crippen MR) is 132 cm³/mol. The highest BCUT2D eigenvalue weighted by molar-refractivity contribution is 6.04. The third-order valence-corrected chi connectivity index (χ3v) is 6.58. The van der Waals surface area contributed by atoms with Crippen LogP contribution in [0.5, 0.6) is 11.5 Å². The molecule has 0 radical (unpaired) electrons. The van der Waals surface area contributed by atoms with E-state index in [-0.39, 0.29) is 17.5 Å². The number of ether oxygens (including phenoxy) is 1. The van der Waals surface area contributed by atoms with E-state index in [4.69, 9.17) is 9.73 Å². The third kappa shape index (κ3) is 4.55. The van der Waals surface area contributed by atoms with E-state index in [0.29, 0.717) is 25.4 Å². The number of rotatable bonds is 1. The van der Waals surface area contributed by atoms with E-state index < -0.39 is 11.7 Å². The minimum Gasteiger partial charge on any atom is -0.454 e. The molecule has 0 aromatic heterocycles. The Balaban J connectivity index is 1.41. The number of fused-ring (bicyclic) bond motifs is 2. The summed E-state index contributed by atoms with van der Waals surface area (Å²) in [5, 5.41) is 0. The lowest BCUT2D eigenvalue weighted by molar-refractivity contribution is -0.137. The monoisotopic (exact) mass is 493 g/mol. The zero-order chi connectivity index (χ0) is 25.6. The minimum absolute atomic E-state index is 0.175. The highest BCUT2D eigenvalue weighted by Crippen LogP contribution is 2.39. The topological polar surface area (TPSA) is 45.1 Å². The molecule has 3 aromatic rings. The van der Waals surface area contributed by atoms with Gasteiger partial charge in [-0.2, -0.15) is 13.2 Å². The van der Waals surface area contributed by atoms with Crippen molar-refractivity contribution in [1.29, 1.82) is 0 Å². The van der Waals surface area contributed by atoms with Crippen LogP contribution in [-0.4, -0.2) is 47.2 Å². The molecule has 186 valence electrons. The van der Waals surface area contributed by atoms with Gasteiger partial charge in [-0.15, -0.1) is 0 Å². The number of amides is 1. The van der Waals surface area contributed by atoms with Crippen molar-refractivity contribution in [2.75, 3.05) is 19.6 Å². The van der Waals surface area contributed by atoms with Crippen molar-refractivity contribution in [2.45, 2.75) is 33.0 Å². The third-order valence-electron chi connectivity index (χ3n) is 6.58. The highest BCUT2D eigenvalue weighted by Gasteiger charge is 2.33. The molecule has 2 aliphatic rings. The van der Waals surface area contributed by atoms with Gasteiger partial charge in [0.1, 0.15) is 17.3 Å². The number of aliphatic imine (C=N–C) groups is 1. The first-order valence-electron chi connectivity index (χ1n) is 11.8. The molecule has 0 bridgehead atoms. The highest BCUT2D eigenvalue weighted by atomic mass is 19.4. The zero-order valence-electron chi connectivity index (χ0n) is 20.3. The second-order valence-corrected chi connectivity index (χ2v) is 9.38. The van der Waals surface area contributed by atoms with E-state index >= 15 is 0 Å². The van der Waals surface area contributed by atoms with Crippen LogP contribution in [0.25, 0.3) is 0 Å². The van der Waals surface area contributed by atoms with Gasteiger partial charge in [0.2, 0.25) is 0 Å². The molecular weight excluding hydrogens is 467 g/mol. The standard InChI is InChI=1S/C28H26F3N3O2/c1-17-5-11-24-22(14-17)26(32-23-10-4-18(2)15-25(23)36-24)33-12-13-34(19(3)16-33)27(35)20-6-8-21(9-7-20)28(29,30)31/h4-11,14-15,19H,12-13,16H2,1-3H3/t19-/m1/s1. The molecule has 1 fully saturated rings. The molecule has 1 atom stereocenters. The number of hydrogen-bond donors (Lipinski definition) is 0. The molecule has 2 heterocycles. The van der Waals surface area contributed by atoms with Crippen LogP contribution < -0.4 is 4.74 Å². The fraction of sp³-hybridized carbons (Fsp3) is 0.286. The molecule has 0 spiro atoms. The fourth-order valence-electron chi connectivity index (χ4n) is 4.66. The molecule has 0 saturated carbocycles. The fourth-order valence-corrected chi connectivity index (χ4v) is 4.66. The van der Waals surface area contributed by atoms with Crippen LogP contribution in [0.4, 0.5) is 18.9 Å². The summed E-state index contributed by atoms with van der Waals surface area (Å²) < 4.78 is 45.0. The maximum Gasteiger partial charge on any atom is 0.416 e. The van der Waals surface area contributed by atoms with Crippen molar-refractivity contribution in [2.24, 2.45) is 4.99 Å². The molecule has 0 N–H and O–H groups in total. The lowest BCUT2D eigenvalue weighted by atomic mass is 10.1. The summed E-state index contributed by atoms with van der Waals surface area (Å²) in [7, 11) is 0. The van der Waals surface area contributed by atoms with Gasteiger partial charge in [-0.3, -0.25) is 4.79 Å². The quantitative estimate of drug-likeness (QED) is 0.397. The second kappa shape index (κ2) is 9.00. The Bertz CT molecular complexity index is 1350. The molecule has 0 unspecified atom stereocenters. The Morgan fingerprint density at radius 3 is 2.33 bits per heavy atom. The number of halogens is 3. The summed E-state index contributed by atoms with van der Waals surface area (Å²) in [6.45, 7) is 7.44. The molecule has 1 saturated heterocycles. The van der Waals surface area contributed by atoms with Crippen LogP contribution in [0.2, 0.25) is 0 Å². The van der Waals surface area contributed by atoms with Gasteiger partial charge in [-0.05, 0) is 74.9 Å². The number of amidine groups is 1. The first-order valence-corrected chi connectivity index (χ1v) is 11.8. The van der Waals surface area contributed by atoms with Gasteiger partial charge in [-0.1, -0.05) is 17.7 Å². The van der Waals surface area contributed by atoms with Crippen molar-refractivity contribution >= 4 is 17.4 Å². The Kier molecular flexibility index (Phi) is 5.98. The molecule has 0 aliphatic carbocycles. The van der Waals surface area contributed by atoms with Gasteiger partial charge in [-0.25, -0.2) is 4.99 Å². The van der Waals surface area contributed by atoms with Crippen LogP contribution in [0.15, 0.2) is 65.7 Å². The van der Waals surface area contributed by atoms with Crippen LogP contribution in [0.3, 0.4) is 0 Å². The maximum atomic E-state index is 13.1. The van der Waals surface area contributed by atoms with E-state index in [0.717, 1.165) is 46.1 Å². The Hall–Kier alpha value is -3.81. The predicted octanol–water partition coefficient (Wildman–Crippen LogP) is 6.35. The van der Waals surface area contributed by atoms with Crippen LogP contribution in [0.1, 0.15) is 39.5 Å². The summed E-state index contributed by atoms with van der Waals surface area (Å²) in [5.41, 5.74) is 3.25. The Labute approximate surface area is 207 Å². The number of nitrogens with zero attached hydrogens (tertiary/aromatic N) is 3. The second-order valence-electron chi connectivity index (χ2n) is 9.38. The largest absolute Gasteiger partial charge is 0.454 e. The number of alkyl halides is 3. The summed E-state index contributed by atoms with van der Waals surface area (Å²) in [6, 6.07) is 16.1. The summed E-state index contributed by atoms with van der Waals surface area (Å²) in [6.07, 6.45) is -4.43. The van der Waals surface area contributed by atoms with Gasteiger partial charge in [0, 0.05) is 31.2 Å². The van der Waals surface area contributed by atoms with Crippen molar-refractivity contribution in [1.82, 2.24) is 9.80 Å². The first kappa shape index (κ1) is 23.9. The minimum atomic E-state index is -4.43. The molecule has 8 heteroatoms. The van der Waals surface area contributed by atoms with Crippen molar-refractivity contribution in [3.05, 3.63) is 88.5 Å². The smallest absolute Gasteiger partial charge is 0.416 e. The Morgan fingerprint density at radius 1 is 0.944 bits per heavy atom. The van der Waals surface area contributed by atoms with Gasteiger partial charge in [0.05, 0.1) is 11.1 Å². The molecule has 1 amide bonds. The first-order chi connectivity index (χ1) is 17.1. The van der Waals surface area contributed by atoms with E-state index in [1.54, 1.807) is 4.90 Å². The van der Waals surface area contributed by atoms with Gasteiger partial charge in [0.25, 0.3) is 5.91 Å². The van der Waals surface area contributed by atoms with Crippen LogP contribution >= 0.6 is 0 Å². The lowest BCUT2D eigenvalue weighted by Crippen LogP contribution is -2.55. The van der Waals surface area contributed by atoms with Gasteiger partial charge in [0.15, 0.2) is 5.75 Å². The van der Waals surface area contributed by atoms with Crippen molar-refractivity contribution < 1.29 is 22.7 Å². The molecular formula is C28H26F3N3O2. The van der Waals surface area contributed by atoms with Gasteiger partial charge < -0.3 is 14.5 Å². The average molecular weight is 494 g/mol. The van der Waals surface area contributed by atoms with E-state index in [9.17, 15) is 18.0 Å². The van der Waals surface area contributed by atoms with E-state index in [2.05, 4.69) is 11.0 Å². The molecule has 3 aromatic carbocycles. The zero-order valence-corrected chi connectivity index (χ0v) is 20.3. The van der Waals surface area contributed by atoms with Crippen LogP contribution in [0, 0.1) is 13.8 Å². The number of aryl methyl sites for hydroxylation is 2. The number of carbonyl (C=O) groups is 1. The average Bonchev–Trinajstić information content (AvgIpc) is 2.99. The number of hydrogen-bond acceptors (Lipinski definition) is 4. The van der Waals surface area contributed by atoms with Gasteiger partial charge >= 0.3 is 6.18 Å². The molecule has 5 nitrogen and oxygen atoms in total. The van der Waals surface area contributed by atoms with E-state index in [1.807, 2.05) is 51.1 Å². The van der Waals surface area contributed by atoms with Crippen molar-refractivity contribution in [3.63, 3.8) is 0 Å². The number of benzene rings is 3. The lowest BCUT2D eigenvalue weighted by Gasteiger charge is -2.41. The Morgan fingerprint density at radius 2 is 1.64 bits per heavy atom. The van der Waals surface area contributed by atoms with Crippen molar-refractivity contribution in [3.8, 4) is 11.5 Å². The SMILES string of the molecule is Cc1ccc2c(c1)Oc1ccc(C)cc1C(N1CCN(C(=O)c3ccc(C(F)(F)F)cc3)[C@H](C)C1)=N2. The number of piperazine rings is 1. The van der Waals surface area contributed by atoms with Crippen LogP contribution in [-0.2, 0) is 6.18 Å². The molecule has 2 aliphatic heterocycles. The maximum absolute atomic E-state index is 13.1. The van der Waals surface area contributed by atoms with E-state index in [1.165, 1.54) is 12.1 Å². The molecule has 36 heavy (non-hydrogen) atoms.